The van der Waals surface area contributed by atoms with Gasteiger partial charge in [0.25, 0.3) is 0 Å². The quantitative estimate of drug-likeness (QED) is 0.235. The fraction of sp³-hybridized carbons (Fsp3) is 0.875. The fourth-order valence-corrected chi connectivity index (χ4v) is 1.39. The molecule has 0 saturated heterocycles. The summed E-state index contributed by atoms with van der Waals surface area (Å²) in [4.78, 5) is 11.2. The number of amides is 1. The van der Waals surface area contributed by atoms with Crippen LogP contribution < -0.4 is 5.73 Å². The zero-order chi connectivity index (χ0) is 12.9. The van der Waals surface area contributed by atoms with E-state index in [4.69, 9.17) is 21.1 Å². The Morgan fingerprint density at radius 1 is 1.12 bits per heavy atom. The largest absolute Gasteiger partial charge is 0.395 e. The van der Waals surface area contributed by atoms with E-state index in [0.29, 0.717) is 0 Å². The fourth-order valence-electron chi connectivity index (χ4n) is 1.39. The SMILES string of the molecule is NC(=O)C(CO)(C(O)CO)C(O)C(O)CO. The van der Waals surface area contributed by atoms with E-state index in [1.807, 2.05) is 0 Å². The maximum absolute atomic E-state index is 11.2. The van der Waals surface area contributed by atoms with Crippen LogP contribution in [0.5, 0.6) is 0 Å². The Bertz CT molecular complexity index is 236. The number of hydrogen-bond acceptors (Lipinski definition) is 7. The van der Waals surface area contributed by atoms with Crippen molar-refractivity contribution in [2.75, 3.05) is 19.8 Å². The van der Waals surface area contributed by atoms with E-state index in [0.717, 1.165) is 0 Å². The van der Waals surface area contributed by atoms with E-state index in [-0.39, 0.29) is 0 Å². The maximum atomic E-state index is 11.2. The molecule has 0 aromatic carbocycles. The van der Waals surface area contributed by atoms with Gasteiger partial charge in [-0.3, -0.25) is 4.79 Å². The van der Waals surface area contributed by atoms with Crippen LogP contribution >= 0.6 is 0 Å². The lowest BCUT2D eigenvalue weighted by atomic mass is 9.74. The minimum atomic E-state index is -2.32. The average molecular weight is 239 g/mol. The van der Waals surface area contributed by atoms with Gasteiger partial charge in [-0.2, -0.15) is 0 Å². The van der Waals surface area contributed by atoms with E-state index in [1.54, 1.807) is 0 Å². The van der Waals surface area contributed by atoms with E-state index in [9.17, 15) is 20.1 Å². The predicted octanol–water partition coefficient (Wildman–Crippen LogP) is -4.48. The van der Waals surface area contributed by atoms with Crippen LogP contribution in [0.1, 0.15) is 0 Å². The van der Waals surface area contributed by atoms with Crippen LogP contribution in [0.2, 0.25) is 0 Å². The molecule has 0 heterocycles. The number of aliphatic hydroxyl groups excluding tert-OH is 6. The number of carbonyl (C=O) groups excluding carboxylic acids is 1. The molecular formula is C8H17NO7. The van der Waals surface area contributed by atoms with Crippen LogP contribution in [0.15, 0.2) is 0 Å². The van der Waals surface area contributed by atoms with Crippen molar-refractivity contribution >= 4 is 5.91 Å². The average Bonchev–Trinajstić information content (AvgIpc) is 2.28. The summed E-state index contributed by atoms with van der Waals surface area (Å²) in [6.07, 6.45) is -5.63. The molecule has 0 aliphatic heterocycles. The second kappa shape index (κ2) is 6.09. The second-order valence-corrected chi connectivity index (χ2v) is 3.46. The Morgan fingerprint density at radius 3 is 1.88 bits per heavy atom. The molecule has 0 aromatic rings. The van der Waals surface area contributed by atoms with E-state index >= 15 is 0 Å². The normalized spacial score (nSPS) is 20.9. The van der Waals surface area contributed by atoms with Gasteiger partial charge in [0.15, 0.2) is 0 Å². The number of carbonyl (C=O) groups is 1. The van der Waals surface area contributed by atoms with E-state index in [2.05, 4.69) is 0 Å². The molecule has 16 heavy (non-hydrogen) atoms. The number of primary amides is 1. The first-order valence-corrected chi connectivity index (χ1v) is 4.55. The topological polar surface area (TPSA) is 164 Å². The first-order chi connectivity index (χ1) is 7.38. The van der Waals surface area contributed by atoms with Gasteiger partial charge < -0.3 is 36.4 Å². The van der Waals surface area contributed by atoms with Crippen LogP contribution in [-0.4, -0.2) is 74.7 Å². The molecule has 0 aliphatic carbocycles. The first kappa shape index (κ1) is 15.2. The van der Waals surface area contributed by atoms with Gasteiger partial charge in [-0.05, 0) is 0 Å². The molecular weight excluding hydrogens is 222 g/mol. The Morgan fingerprint density at radius 2 is 1.62 bits per heavy atom. The van der Waals surface area contributed by atoms with Gasteiger partial charge in [-0.15, -0.1) is 0 Å². The predicted molar refractivity (Wildman–Crippen MR) is 50.9 cm³/mol. The van der Waals surface area contributed by atoms with Crippen molar-refractivity contribution in [3.63, 3.8) is 0 Å². The highest BCUT2D eigenvalue weighted by Crippen LogP contribution is 2.28. The highest BCUT2D eigenvalue weighted by Gasteiger charge is 2.51. The Labute approximate surface area is 91.6 Å². The molecule has 8 nitrogen and oxygen atoms in total. The van der Waals surface area contributed by atoms with Crippen molar-refractivity contribution < 1.29 is 35.4 Å². The summed E-state index contributed by atoms with van der Waals surface area (Å²) in [5.74, 6) is -1.29. The Balaban J connectivity index is 5.27. The molecule has 0 saturated carbocycles. The van der Waals surface area contributed by atoms with Crippen LogP contribution in [-0.2, 0) is 4.79 Å². The van der Waals surface area contributed by atoms with Crippen LogP contribution in [0.4, 0.5) is 0 Å². The summed E-state index contributed by atoms with van der Waals surface area (Å²) in [6, 6.07) is 0. The third kappa shape index (κ3) is 2.48. The number of rotatable bonds is 7. The smallest absolute Gasteiger partial charge is 0.231 e. The summed E-state index contributed by atoms with van der Waals surface area (Å²) in [5.41, 5.74) is 2.61. The van der Waals surface area contributed by atoms with Crippen molar-refractivity contribution in [3.05, 3.63) is 0 Å². The van der Waals surface area contributed by atoms with Gasteiger partial charge in [0.05, 0.1) is 25.9 Å². The van der Waals surface area contributed by atoms with Crippen molar-refractivity contribution in [1.29, 1.82) is 0 Å². The van der Waals surface area contributed by atoms with Gasteiger partial charge in [0.2, 0.25) is 5.91 Å². The third-order valence-corrected chi connectivity index (χ3v) is 2.57. The molecule has 8 heteroatoms. The summed E-state index contributed by atoms with van der Waals surface area (Å²) in [5, 5.41) is 54.5. The summed E-state index contributed by atoms with van der Waals surface area (Å²) in [6.45, 7) is -2.92. The molecule has 0 aliphatic rings. The van der Waals surface area contributed by atoms with Gasteiger partial charge in [-0.1, -0.05) is 0 Å². The Kier molecular flexibility index (Phi) is 5.79. The van der Waals surface area contributed by atoms with Gasteiger partial charge >= 0.3 is 0 Å². The zero-order valence-electron chi connectivity index (χ0n) is 8.52. The Hall–Kier alpha value is -0.770. The van der Waals surface area contributed by atoms with E-state index in [1.165, 1.54) is 0 Å². The lowest BCUT2D eigenvalue weighted by molar-refractivity contribution is -0.174. The van der Waals surface area contributed by atoms with Crippen molar-refractivity contribution in [2.24, 2.45) is 11.1 Å². The van der Waals surface area contributed by atoms with Gasteiger partial charge in [-0.25, -0.2) is 0 Å². The zero-order valence-corrected chi connectivity index (χ0v) is 8.52. The van der Waals surface area contributed by atoms with Crippen LogP contribution in [0.3, 0.4) is 0 Å². The van der Waals surface area contributed by atoms with Crippen LogP contribution in [0, 0.1) is 5.41 Å². The summed E-state index contributed by atoms with van der Waals surface area (Å²) in [7, 11) is 0. The lowest BCUT2D eigenvalue weighted by Crippen LogP contribution is -2.61. The molecule has 4 unspecified atom stereocenters. The highest BCUT2D eigenvalue weighted by atomic mass is 16.4. The summed E-state index contributed by atoms with van der Waals surface area (Å²) >= 11 is 0. The third-order valence-electron chi connectivity index (χ3n) is 2.57. The van der Waals surface area contributed by atoms with Gasteiger partial charge in [0, 0.05) is 0 Å². The summed E-state index contributed by atoms with van der Waals surface area (Å²) < 4.78 is 0. The van der Waals surface area contributed by atoms with E-state index < -0.39 is 49.5 Å². The minimum Gasteiger partial charge on any atom is -0.395 e. The molecule has 4 atom stereocenters. The van der Waals surface area contributed by atoms with Crippen molar-refractivity contribution in [3.8, 4) is 0 Å². The molecule has 8 N–H and O–H groups in total. The monoisotopic (exact) mass is 239 g/mol. The molecule has 1 amide bonds. The van der Waals surface area contributed by atoms with Crippen molar-refractivity contribution in [1.82, 2.24) is 0 Å². The maximum Gasteiger partial charge on any atom is 0.231 e. The van der Waals surface area contributed by atoms with Gasteiger partial charge in [0.1, 0.15) is 17.6 Å². The molecule has 0 spiro atoms. The lowest BCUT2D eigenvalue weighted by Gasteiger charge is -2.38. The molecule has 0 rings (SSSR count). The number of hydrogen-bond donors (Lipinski definition) is 7. The minimum absolute atomic E-state index is 0.894. The molecule has 0 bridgehead atoms. The highest BCUT2D eigenvalue weighted by molar-refractivity contribution is 5.82. The molecule has 96 valence electrons. The molecule has 0 aromatic heterocycles. The van der Waals surface area contributed by atoms with Crippen molar-refractivity contribution in [2.45, 2.75) is 18.3 Å². The number of aliphatic hydroxyl groups is 6. The second-order valence-electron chi connectivity index (χ2n) is 3.46. The molecule has 0 fully saturated rings. The van der Waals surface area contributed by atoms with Crippen LogP contribution in [0.25, 0.3) is 0 Å². The standard InChI is InChI=1S/C8H17NO7/c9-7(16)8(3-12,5(14)2-11)6(15)4(13)1-10/h4-6,10-15H,1-3H2,(H2,9,16). The number of nitrogens with two attached hydrogens (primary N) is 1. The first-order valence-electron chi connectivity index (χ1n) is 4.55. The molecule has 0 radical (unpaired) electrons.